The largest absolute Gasteiger partial charge is 0.479 e. The molecule has 0 saturated carbocycles. The zero-order valence-electron chi connectivity index (χ0n) is 6.94. The first kappa shape index (κ1) is 10.2. The maximum Gasteiger partial charge on any atom is 0.332 e. The first-order chi connectivity index (χ1) is 6.00. The van der Waals surface area contributed by atoms with E-state index < -0.39 is 12.1 Å². The Balaban J connectivity index is 2.74. The molecule has 1 aromatic heterocycles. The van der Waals surface area contributed by atoms with Gasteiger partial charge < -0.3 is 10.2 Å². The number of nitrogens with zero attached hydrogens (tertiary/aromatic N) is 2. The highest BCUT2D eigenvalue weighted by Crippen LogP contribution is 2.15. The van der Waals surface area contributed by atoms with Crippen molar-refractivity contribution in [2.75, 3.05) is 0 Å². The summed E-state index contributed by atoms with van der Waals surface area (Å²) in [5.41, 5.74) is 0.678. The second-order valence-electron chi connectivity index (χ2n) is 2.68. The summed E-state index contributed by atoms with van der Waals surface area (Å²) in [7, 11) is 1.72. The number of carbonyl (C=O) groups is 1. The molecule has 0 spiro atoms. The van der Waals surface area contributed by atoms with Gasteiger partial charge in [0.15, 0.2) is 6.10 Å². The molecule has 0 fully saturated rings. The third kappa shape index (κ3) is 2.53. The smallest absolute Gasteiger partial charge is 0.332 e. The highest BCUT2D eigenvalue weighted by molar-refractivity contribution is 9.10. The van der Waals surface area contributed by atoms with Crippen LogP contribution in [0.1, 0.15) is 5.56 Å². The van der Waals surface area contributed by atoms with E-state index in [1.807, 2.05) is 0 Å². The Morgan fingerprint density at radius 1 is 1.85 bits per heavy atom. The molecule has 5 nitrogen and oxygen atoms in total. The van der Waals surface area contributed by atoms with Crippen LogP contribution >= 0.6 is 15.9 Å². The summed E-state index contributed by atoms with van der Waals surface area (Å²) in [6.07, 6.45) is 0.348. The average Bonchev–Trinajstić information content (AvgIpc) is 2.30. The number of carboxylic acid groups (broad SMARTS) is 1. The summed E-state index contributed by atoms with van der Waals surface area (Å²) < 4.78 is 2.11. The summed E-state index contributed by atoms with van der Waals surface area (Å²) in [6.45, 7) is 0. The number of carboxylic acids is 1. The molecular formula is C7H9BrN2O3. The average molecular weight is 249 g/mol. The highest BCUT2D eigenvalue weighted by Gasteiger charge is 2.16. The molecule has 1 atom stereocenters. The normalized spacial score (nSPS) is 12.8. The van der Waals surface area contributed by atoms with Crippen LogP contribution in [0.5, 0.6) is 0 Å². The summed E-state index contributed by atoms with van der Waals surface area (Å²) in [6, 6.07) is 0. The van der Waals surface area contributed by atoms with Gasteiger partial charge in [-0.1, -0.05) is 0 Å². The molecular weight excluding hydrogens is 240 g/mol. The minimum atomic E-state index is -1.37. The molecule has 6 heteroatoms. The van der Waals surface area contributed by atoms with Crippen LogP contribution in [0.3, 0.4) is 0 Å². The van der Waals surface area contributed by atoms with Crippen molar-refractivity contribution in [1.82, 2.24) is 9.78 Å². The lowest BCUT2D eigenvalue weighted by molar-refractivity contribution is -0.146. The molecule has 13 heavy (non-hydrogen) atoms. The van der Waals surface area contributed by atoms with Crippen LogP contribution in [-0.2, 0) is 18.3 Å². The quantitative estimate of drug-likeness (QED) is 0.800. The van der Waals surface area contributed by atoms with Crippen molar-refractivity contribution in [3.05, 3.63) is 16.4 Å². The van der Waals surface area contributed by atoms with Crippen LogP contribution < -0.4 is 0 Å². The zero-order chi connectivity index (χ0) is 10.0. The van der Waals surface area contributed by atoms with Crippen molar-refractivity contribution in [3.8, 4) is 0 Å². The predicted molar refractivity (Wildman–Crippen MR) is 48.3 cm³/mol. The Hall–Kier alpha value is -0.880. The molecule has 72 valence electrons. The van der Waals surface area contributed by atoms with Gasteiger partial charge in [-0.2, -0.15) is 5.10 Å². The number of rotatable bonds is 3. The third-order valence-electron chi connectivity index (χ3n) is 1.55. The molecule has 0 aliphatic carbocycles. The minimum Gasteiger partial charge on any atom is -0.479 e. The van der Waals surface area contributed by atoms with Crippen LogP contribution in [0.15, 0.2) is 10.8 Å². The Morgan fingerprint density at radius 2 is 2.46 bits per heavy atom. The summed E-state index contributed by atoms with van der Waals surface area (Å²) in [5, 5.41) is 21.5. The van der Waals surface area contributed by atoms with Crippen LogP contribution in [0, 0.1) is 0 Å². The Labute approximate surface area is 83.1 Å². The summed E-state index contributed by atoms with van der Waals surface area (Å²) in [5.74, 6) is -1.23. The van der Waals surface area contributed by atoms with Gasteiger partial charge in [0, 0.05) is 25.2 Å². The number of aryl methyl sites for hydroxylation is 1. The lowest BCUT2D eigenvalue weighted by atomic mass is 10.1. The molecule has 1 unspecified atom stereocenters. The fraction of sp³-hybridized carbons (Fsp3) is 0.429. The van der Waals surface area contributed by atoms with Crippen molar-refractivity contribution in [2.45, 2.75) is 12.5 Å². The van der Waals surface area contributed by atoms with E-state index in [-0.39, 0.29) is 6.42 Å². The molecule has 2 N–H and O–H groups in total. The number of halogens is 1. The molecule has 0 aromatic carbocycles. The fourth-order valence-corrected chi connectivity index (χ4v) is 1.46. The molecule has 0 aliphatic heterocycles. The number of aliphatic hydroxyl groups excluding tert-OH is 1. The van der Waals surface area contributed by atoms with Gasteiger partial charge in [-0.15, -0.1) is 0 Å². The third-order valence-corrected chi connectivity index (χ3v) is 2.22. The second-order valence-corrected chi connectivity index (χ2v) is 3.43. The van der Waals surface area contributed by atoms with Crippen LogP contribution in [0.2, 0.25) is 0 Å². The lowest BCUT2D eigenvalue weighted by Crippen LogP contribution is -2.21. The van der Waals surface area contributed by atoms with E-state index in [1.165, 1.54) is 0 Å². The topological polar surface area (TPSA) is 75.4 Å². The maximum absolute atomic E-state index is 10.3. The molecule has 0 saturated heterocycles. The Morgan fingerprint density at radius 3 is 2.85 bits per heavy atom. The molecule has 1 aromatic rings. The van der Waals surface area contributed by atoms with Gasteiger partial charge in [0.2, 0.25) is 0 Å². The molecule has 1 heterocycles. The maximum atomic E-state index is 10.3. The molecule has 0 amide bonds. The number of hydrogen-bond acceptors (Lipinski definition) is 3. The van der Waals surface area contributed by atoms with Gasteiger partial charge in [0.1, 0.15) is 4.60 Å². The van der Waals surface area contributed by atoms with E-state index in [9.17, 15) is 4.79 Å². The van der Waals surface area contributed by atoms with Crippen molar-refractivity contribution in [2.24, 2.45) is 7.05 Å². The standard InChI is InChI=1S/C7H9BrN2O3/c1-10-3-4(6(8)9-10)2-5(11)7(12)13/h3,5,11H,2H2,1H3,(H,12,13). The monoisotopic (exact) mass is 248 g/mol. The fourth-order valence-electron chi connectivity index (χ4n) is 0.943. The second kappa shape index (κ2) is 3.89. The van der Waals surface area contributed by atoms with Crippen molar-refractivity contribution in [1.29, 1.82) is 0 Å². The van der Waals surface area contributed by atoms with Crippen molar-refractivity contribution < 1.29 is 15.0 Å². The number of aromatic nitrogens is 2. The zero-order valence-corrected chi connectivity index (χ0v) is 8.52. The van der Waals surface area contributed by atoms with Gasteiger partial charge in [-0.05, 0) is 15.9 Å². The number of aliphatic hydroxyl groups is 1. The van der Waals surface area contributed by atoms with Gasteiger partial charge in [0.05, 0.1) is 0 Å². The molecule has 1 rings (SSSR count). The number of hydrogen-bond donors (Lipinski definition) is 2. The van der Waals surface area contributed by atoms with Gasteiger partial charge >= 0.3 is 5.97 Å². The molecule has 0 bridgehead atoms. The van der Waals surface area contributed by atoms with Crippen LogP contribution in [-0.4, -0.2) is 32.1 Å². The van der Waals surface area contributed by atoms with E-state index in [4.69, 9.17) is 10.2 Å². The Kier molecular flexibility index (Phi) is 3.05. The minimum absolute atomic E-state index is 0.0593. The van der Waals surface area contributed by atoms with E-state index in [0.717, 1.165) is 0 Å². The van der Waals surface area contributed by atoms with E-state index in [0.29, 0.717) is 10.2 Å². The summed E-state index contributed by atoms with van der Waals surface area (Å²) >= 11 is 3.16. The first-order valence-electron chi connectivity index (χ1n) is 3.59. The summed E-state index contributed by atoms with van der Waals surface area (Å²) in [4.78, 5) is 10.3. The predicted octanol–water partition coefficient (Wildman–Crippen LogP) is 0.171. The van der Waals surface area contributed by atoms with E-state index in [1.54, 1.807) is 17.9 Å². The SMILES string of the molecule is Cn1cc(CC(O)C(=O)O)c(Br)n1. The van der Waals surface area contributed by atoms with Crippen molar-refractivity contribution >= 4 is 21.9 Å². The van der Waals surface area contributed by atoms with Crippen molar-refractivity contribution in [3.63, 3.8) is 0 Å². The van der Waals surface area contributed by atoms with Gasteiger partial charge in [0.25, 0.3) is 0 Å². The first-order valence-corrected chi connectivity index (χ1v) is 4.39. The van der Waals surface area contributed by atoms with E-state index in [2.05, 4.69) is 21.0 Å². The molecule has 0 radical (unpaired) electrons. The molecule has 0 aliphatic rings. The van der Waals surface area contributed by atoms with E-state index >= 15 is 0 Å². The van der Waals surface area contributed by atoms with Crippen LogP contribution in [0.25, 0.3) is 0 Å². The van der Waals surface area contributed by atoms with Gasteiger partial charge in [-0.25, -0.2) is 4.79 Å². The lowest BCUT2D eigenvalue weighted by Gasteiger charge is -2.02. The highest BCUT2D eigenvalue weighted by atomic mass is 79.9. The van der Waals surface area contributed by atoms with Gasteiger partial charge in [-0.3, -0.25) is 4.68 Å². The number of aliphatic carboxylic acids is 1. The Bertz CT molecular complexity index is 324. The van der Waals surface area contributed by atoms with Crippen LogP contribution in [0.4, 0.5) is 0 Å².